The molecular weight excluding hydrogens is 372 g/mol. The molecule has 160 valence electrons. The molecule has 0 aliphatic heterocycles. The second-order valence-corrected chi connectivity index (χ2v) is 7.58. The van der Waals surface area contributed by atoms with E-state index in [9.17, 15) is 14.4 Å². The highest BCUT2D eigenvalue weighted by Crippen LogP contribution is 2.34. The number of carbonyl (C=O) groups excluding carboxylic acids is 3. The molecule has 7 heteroatoms. The number of para-hydroxylation sites is 1. The van der Waals surface area contributed by atoms with Gasteiger partial charge < -0.3 is 20.1 Å². The zero-order valence-corrected chi connectivity index (χ0v) is 17.6. The first-order valence-corrected chi connectivity index (χ1v) is 10.3. The summed E-state index contributed by atoms with van der Waals surface area (Å²) in [6.45, 7) is 4.64. The molecule has 7 nitrogen and oxygen atoms in total. The molecule has 2 N–H and O–H groups in total. The molecule has 1 aromatic carbocycles. The molecule has 0 heterocycles. The maximum Gasteiger partial charge on any atom is 0.311 e. The number of nitrogens with one attached hydrogen (secondary N) is 2. The van der Waals surface area contributed by atoms with Crippen LogP contribution in [0.4, 0.5) is 0 Å². The van der Waals surface area contributed by atoms with Gasteiger partial charge in [0, 0.05) is 13.0 Å². The molecule has 1 aliphatic carbocycles. The number of carbonyl (C=O) groups is 3. The third-order valence-corrected chi connectivity index (χ3v) is 5.42. The van der Waals surface area contributed by atoms with Crippen molar-refractivity contribution in [1.29, 1.82) is 0 Å². The molecule has 1 saturated carbocycles. The van der Waals surface area contributed by atoms with Crippen molar-refractivity contribution in [2.45, 2.75) is 57.9 Å². The summed E-state index contributed by atoms with van der Waals surface area (Å²) >= 11 is 0. The van der Waals surface area contributed by atoms with Crippen molar-refractivity contribution in [3.63, 3.8) is 0 Å². The summed E-state index contributed by atoms with van der Waals surface area (Å²) in [4.78, 5) is 36.9. The van der Waals surface area contributed by atoms with E-state index in [0.29, 0.717) is 30.9 Å². The Morgan fingerprint density at radius 1 is 1.21 bits per heavy atom. The maximum atomic E-state index is 12.4. The molecule has 0 aromatic heterocycles. The van der Waals surface area contributed by atoms with Crippen LogP contribution in [0.2, 0.25) is 0 Å². The van der Waals surface area contributed by atoms with Gasteiger partial charge in [-0.25, -0.2) is 0 Å². The Kier molecular flexibility index (Phi) is 8.49. The van der Waals surface area contributed by atoms with Crippen LogP contribution in [0.15, 0.2) is 24.3 Å². The predicted octanol–water partition coefficient (Wildman–Crippen LogP) is 2.83. The van der Waals surface area contributed by atoms with Crippen LogP contribution in [0, 0.1) is 5.92 Å². The molecule has 2 rings (SSSR count). The number of ether oxygens (including phenoxy) is 2. The second-order valence-electron chi connectivity index (χ2n) is 7.58. The van der Waals surface area contributed by atoms with Crippen molar-refractivity contribution in [3.05, 3.63) is 29.8 Å². The van der Waals surface area contributed by atoms with Crippen molar-refractivity contribution in [1.82, 2.24) is 10.6 Å². The Labute approximate surface area is 172 Å². The number of hydrogen-bond donors (Lipinski definition) is 2. The lowest BCUT2D eigenvalue weighted by Gasteiger charge is -2.40. The molecule has 2 atom stereocenters. The van der Waals surface area contributed by atoms with Gasteiger partial charge in [0.1, 0.15) is 5.75 Å². The molecule has 0 bridgehead atoms. The second kappa shape index (κ2) is 10.8. The molecule has 0 saturated heterocycles. The third kappa shape index (κ3) is 6.21. The minimum atomic E-state index is -0.581. The Morgan fingerprint density at radius 2 is 1.97 bits per heavy atom. The van der Waals surface area contributed by atoms with Crippen LogP contribution in [-0.2, 0) is 14.3 Å². The van der Waals surface area contributed by atoms with Crippen LogP contribution in [0.3, 0.4) is 0 Å². The average molecular weight is 405 g/mol. The van der Waals surface area contributed by atoms with Gasteiger partial charge >= 0.3 is 5.97 Å². The largest absolute Gasteiger partial charge is 0.493 e. The van der Waals surface area contributed by atoms with Crippen molar-refractivity contribution in [2.75, 3.05) is 20.3 Å². The quantitative estimate of drug-likeness (QED) is 0.488. The monoisotopic (exact) mass is 404 g/mol. The average Bonchev–Trinajstić information content (AvgIpc) is 2.71. The van der Waals surface area contributed by atoms with Crippen molar-refractivity contribution in [2.24, 2.45) is 5.92 Å². The fourth-order valence-corrected chi connectivity index (χ4v) is 3.87. The smallest absolute Gasteiger partial charge is 0.311 e. The minimum absolute atomic E-state index is 0.118. The van der Waals surface area contributed by atoms with Gasteiger partial charge in [0.15, 0.2) is 0 Å². The first-order chi connectivity index (χ1) is 13.9. The zero-order valence-electron chi connectivity index (χ0n) is 17.6. The van der Waals surface area contributed by atoms with Crippen molar-refractivity contribution < 1.29 is 23.9 Å². The van der Waals surface area contributed by atoms with Crippen LogP contribution in [0.5, 0.6) is 5.75 Å². The fraction of sp³-hybridized carbons (Fsp3) is 0.591. The maximum absolute atomic E-state index is 12.4. The first-order valence-electron chi connectivity index (χ1n) is 10.3. The van der Waals surface area contributed by atoms with Crippen LogP contribution in [0.1, 0.15) is 62.7 Å². The SMILES string of the molecule is CCOc1ccccc1C(=O)NCCCC(=O)N[C@]1(C)CCCC[C@@H]1C(=O)OC. The summed E-state index contributed by atoms with van der Waals surface area (Å²) in [7, 11) is 1.38. The lowest BCUT2D eigenvalue weighted by atomic mass is 9.73. The van der Waals surface area contributed by atoms with E-state index in [2.05, 4.69) is 10.6 Å². The topological polar surface area (TPSA) is 93.7 Å². The van der Waals surface area contributed by atoms with Crippen molar-refractivity contribution >= 4 is 17.8 Å². The highest BCUT2D eigenvalue weighted by Gasteiger charge is 2.42. The van der Waals surface area contributed by atoms with E-state index in [-0.39, 0.29) is 30.1 Å². The molecular formula is C22H32N2O5. The predicted molar refractivity (Wildman–Crippen MR) is 110 cm³/mol. The molecule has 29 heavy (non-hydrogen) atoms. The summed E-state index contributed by atoms with van der Waals surface area (Å²) < 4.78 is 10.4. The highest BCUT2D eigenvalue weighted by molar-refractivity contribution is 5.96. The Bertz CT molecular complexity index is 721. The summed E-state index contributed by atoms with van der Waals surface area (Å²) in [6.07, 6.45) is 4.19. The number of hydrogen-bond acceptors (Lipinski definition) is 5. The Balaban J connectivity index is 1.81. The van der Waals surface area contributed by atoms with Crippen LogP contribution >= 0.6 is 0 Å². The van der Waals surface area contributed by atoms with Gasteiger partial charge in [0.25, 0.3) is 5.91 Å². The van der Waals surface area contributed by atoms with E-state index < -0.39 is 5.54 Å². The molecule has 2 amide bonds. The fourth-order valence-electron chi connectivity index (χ4n) is 3.87. The van der Waals surface area contributed by atoms with E-state index in [1.54, 1.807) is 18.2 Å². The van der Waals surface area contributed by atoms with Crippen molar-refractivity contribution in [3.8, 4) is 5.75 Å². The van der Waals surface area contributed by atoms with E-state index in [1.165, 1.54) is 7.11 Å². The minimum Gasteiger partial charge on any atom is -0.493 e. The van der Waals surface area contributed by atoms with Gasteiger partial charge in [0.05, 0.1) is 30.7 Å². The number of amides is 2. The number of esters is 1. The lowest BCUT2D eigenvalue weighted by Crippen LogP contribution is -2.55. The zero-order chi connectivity index (χ0) is 21.3. The first kappa shape index (κ1) is 22.7. The van der Waals surface area contributed by atoms with Crippen LogP contribution in [0.25, 0.3) is 0 Å². The molecule has 1 fully saturated rings. The van der Waals surface area contributed by atoms with Gasteiger partial charge in [-0.15, -0.1) is 0 Å². The summed E-state index contributed by atoms with van der Waals surface area (Å²) in [5, 5.41) is 5.86. The molecule has 1 aliphatic rings. The highest BCUT2D eigenvalue weighted by atomic mass is 16.5. The molecule has 0 spiro atoms. The third-order valence-electron chi connectivity index (χ3n) is 5.42. The Morgan fingerprint density at radius 3 is 2.69 bits per heavy atom. The lowest BCUT2D eigenvalue weighted by molar-refractivity contribution is -0.150. The summed E-state index contributed by atoms with van der Waals surface area (Å²) in [5.41, 5.74) is -0.100. The van der Waals surface area contributed by atoms with E-state index in [1.807, 2.05) is 19.9 Å². The normalized spacial score (nSPS) is 21.1. The van der Waals surface area contributed by atoms with Gasteiger partial charge in [-0.05, 0) is 45.2 Å². The van der Waals surface area contributed by atoms with Gasteiger partial charge in [0.2, 0.25) is 5.91 Å². The molecule has 1 aromatic rings. The van der Waals surface area contributed by atoms with Gasteiger partial charge in [-0.3, -0.25) is 14.4 Å². The Hall–Kier alpha value is -2.57. The number of rotatable bonds is 9. The van der Waals surface area contributed by atoms with Gasteiger partial charge in [-0.1, -0.05) is 25.0 Å². The number of benzene rings is 1. The van der Waals surface area contributed by atoms with Gasteiger partial charge in [-0.2, -0.15) is 0 Å². The standard InChI is InChI=1S/C22H32N2O5/c1-4-29-18-12-6-5-10-16(18)20(26)23-15-9-13-19(25)24-22(2)14-8-7-11-17(22)21(27)28-3/h5-6,10,12,17H,4,7-9,11,13-15H2,1-3H3,(H,23,26)(H,24,25)/t17-,22-/m1/s1. The molecule has 0 unspecified atom stereocenters. The van der Waals surface area contributed by atoms with Crippen LogP contribution in [-0.4, -0.2) is 43.6 Å². The van der Waals surface area contributed by atoms with Crippen LogP contribution < -0.4 is 15.4 Å². The van der Waals surface area contributed by atoms with E-state index >= 15 is 0 Å². The molecule has 0 radical (unpaired) electrons. The number of methoxy groups -OCH3 is 1. The summed E-state index contributed by atoms with van der Waals surface area (Å²) in [5.74, 6) is -0.385. The van der Waals surface area contributed by atoms with E-state index in [4.69, 9.17) is 9.47 Å². The summed E-state index contributed by atoms with van der Waals surface area (Å²) in [6, 6.07) is 7.07. The van der Waals surface area contributed by atoms with E-state index in [0.717, 1.165) is 25.7 Å².